The molecule has 22 heavy (non-hydrogen) atoms. The standard InChI is InChI=1S/C14H19N5O2S/c1-9(2)16-13(20)11-7-22-14(17-11)19-8-15-18-12(19)10-3-5-21-6-4-10/h7-10H,3-6H2,1-2H3,(H,16,20). The van der Waals surface area contributed by atoms with Crippen molar-refractivity contribution < 1.29 is 9.53 Å². The molecule has 0 radical (unpaired) electrons. The van der Waals surface area contributed by atoms with Crippen LogP contribution in [0, 0.1) is 0 Å². The van der Waals surface area contributed by atoms with Crippen molar-refractivity contribution in [2.24, 2.45) is 0 Å². The fourth-order valence-corrected chi connectivity index (χ4v) is 3.22. The maximum atomic E-state index is 12.0. The summed E-state index contributed by atoms with van der Waals surface area (Å²) in [6.45, 7) is 5.34. The Balaban J connectivity index is 1.82. The predicted octanol–water partition coefficient (Wildman–Crippen LogP) is 1.76. The SMILES string of the molecule is CC(C)NC(=O)c1csc(-n2cnnc2C2CCOCC2)n1. The van der Waals surface area contributed by atoms with Gasteiger partial charge in [0, 0.05) is 30.6 Å². The fourth-order valence-electron chi connectivity index (χ4n) is 2.44. The van der Waals surface area contributed by atoms with Crippen molar-refractivity contribution in [3.8, 4) is 5.13 Å². The first kappa shape index (κ1) is 15.1. The molecule has 3 rings (SSSR count). The molecule has 1 saturated heterocycles. The highest BCUT2D eigenvalue weighted by atomic mass is 32.1. The van der Waals surface area contributed by atoms with Crippen LogP contribution in [0.3, 0.4) is 0 Å². The van der Waals surface area contributed by atoms with E-state index in [1.165, 1.54) is 11.3 Å². The molecule has 1 aliphatic rings. The van der Waals surface area contributed by atoms with E-state index in [0.717, 1.165) is 37.0 Å². The van der Waals surface area contributed by atoms with Crippen LogP contribution in [0.4, 0.5) is 0 Å². The second-order valence-electron chi connectivity index (χ2n) is 5.59. The summed E-state index contributed by atoms with van der Waals surface area (Å²) in [5, 5.41) is 13.6. The highest BCUT2D eigenvalue weighted by Gasteiger charge is 2.23. The third kappa shape index (κ3) is 3.17. The molecule has 0 unspecified atom stereocenters. The van der Waals surface area contributed by atoms with E-state index in [1.807, 2.05) is 18.4 Å². The molecule has 0 aliphatic carbocycles. The summed E-state index contributed by atoms with van der Waals surface area (Å²) >= 11 is 1.42. The van der Waals surface area contributed by atoms with Gasteiger partial charge >= 0.3 is 0 Å². The van der Waals surface area contributed by atoms with E-state index in [1.54, 1.807) is 11.7 Å². The van der Waals surface area contributed by atoms with Crippen molar-refractivity contribution in [2.75, 3.05) is 13.2 Å². The number of hydrogen-bond acceptors (Lipinski definition) is 6. The van der Waals surface area contributed by atoms with Crippen LogP contribution in [0.5, 0.6) is 0 Å². The number of nitrogens with zero attached hydrogens (tertiary/aromatic N) is 4. The number of thiazole rings is 1. The number of aromatic nitrogens is 4. The minimum Gasteiger partial charge on any atom is -0.381 e. The molecule has 1 fully saturated rings. The molecule has 1 aliphatic heterocycles. The average molecular weight is 321 g/mol. The van der Waals surface area contributed by atoms with Gasteiger partial charge in [0.25, 0.3) is 5.91 Å². The summed E-state index contributed by atoms with van der Waals surface area (Å²) in [6.07, 6.45) is 3.53. The molecule has 0 saturated carbocycles. The summed E-state index contributed by atoms with van der Waals surface area (Å²) in [4.78, 5) is 16.4. The number of carbonyl (C=O) groups excluding carboxylic acids is 1. The van der Waals surface area contributed by atoms with E-state index in [9.17, 15) is 4.79 Å². The van der Waals surface area contributed by atoms with Crippen LogP contribution in [0.15, 0.2) is 11.7 Å². The van der Waals surface area contributed by atoms with Crippen molar-refractivity contribution in [3.05, 3.63) is 23.2 Å². The molecule has 2 aromatic rings. The zero-order valence-corrected chi connectivity index (χ0v) is 13.5. The van der Waals surface area contributed by atoms with E-state index >= 15 is 0 Å². The molecule has 1 amide bonds. The number of ether oxygens (including phenoxy) is 1. The molecule has 0 spiro atoms. The van der Waals surface area contributed by atoms with Crippen LogP contribution in [0.1, 0.15) is 48.9 Å². The van der Waals surface area contributed by atoms with Crippen LogP contribution in [0.25, 0.3) is 5.13 Å². The van der Waals surface area contributed by atoms with Gasteiger partial charge in [0.2, 0.25) is 0 Å². The van der Waals surface area contributed by atoms with Gasteiger partial charge in [-0.25, -0.2) is 4.98 Å². The Labute approximate surface area is 132 Å². The monoisotopic (exact) mass is 321 g/mol. The van der Waals surface area contributed by atoms with Gasteiger partial charge in [-0.1, -0.05) is 0 Å². The fraction of sp³-hybridized carbons (Fsp3) is 0.571. The maximum Gasteiger partial charge on any atom is 0.271 e. The van der Waals surface area contributed by atoms with Crippen molar-refractivity contribution in [2.45, 2.75) is 38.6 Å². The van der Waals surface area contributed by atoms with Crippen LogP contribution in [0.2, 0.25) is 0 Å². The number of rotatable bonds is 4. The molecule has 0 bridgehead atoms. The number of carbonyl (C=O) groups is 1. The number of nitrogens with one attached hydrogen (secondary N) is 1. The van der Waals surface area contributed by atoms with E-state index in [0.29, 0.717) is 11.6 Å². The van der Waals surface area contributed by atoms with Crippen LogP contribution >= 0.6 is 11.3 Å². The van der Waals surface area contributed by atoms with Crippen molar-refractivity contribution >= 4 is 17.2 Å². The molecule has 3 heterocycles. The summed E-state index contributed by atoms with van der Waals surface area (Å²) < 4.78 is 7.27. The van der Waals surface area contributed by atoms with Crippen LogP contribution in [-0.2, 0) is 4.74 Å². The van der Waals surface area contributed by atoms with E-state index in [2.05, 4.69) is 20.5 Å². The largest absolute Gasteiger partial charge is 0.381 e. The summed E-state index contributed by atoms with van der Waals surface area (Å²) in [7, 11) is 0. The van der Waals surface area contributed by atoms with Crippen molar-refractivity contribution in [1.82, 2.24) is 25.1 Å². The molecule has 0 atom stereocenters. The van der Waals surface area contributed by atoms with E-state index < -0.39 is 0 Å². The van der Waals surface area contributed by atoms with E-state index in [-0.39, 0.29) is 11.9 Å². The minimum atomic E-state index is -0.154. The Morgan fingerprint density at radius 3 is 2.95 bits per heavy atom. The van der Waals surface area contributed by atoms with Crippen LogP contribution < -0.4 is 5.32 Å². The lowest BCUT2D eigenvalue weighted by molar-refractivity contribution is 0.0832. The summed E-state index contributed by atoms with van der Waals surface area (Å²) in [5.41, 5.74) is 0.431. The number of hydrogen-bond donors (Lipinski definition) is 1. The first-order chi connectivity index (χ1) is 10.6. The molecule has 2 aromatic heterocycles. The van der Waals surface area contributed by atoms with Gasteiger partial charge < -0.3 is 10.1 Å². The third-order valence-corrected chi connectivity index (χ3v) is 4.35. The van der Waals surface area contributed by atoms with Gasteiger partial charge in [-0.15, -0.1) is 21.5 Å². The Bertz CT molecular complexity index is 645. The smallest absolute Gasteiger partial charge is 0.271 e. The minimum absolute atomic E-state index is 0.0883. The van der Waals surface area contributed by atoms with E-state index in [4.69, 9.17) is 4.74 Å². The quantitative estimate of drug-likeness (QED) is 0.928. The van der Waals surface area contributed by atoms with Gasteiger partial charge in [0.1, 0.15) is 17.8 Å². The second kappa shape index (κ2) is 6.53. The molecular formula is C14H19N5O2S. The summed E-state index contributed by atoms with van der Waals surface area (Å²) in [5.74, 6) is 1.07. The molecule has 8 heteroatoms. The van der Waals surface area contributed by atoms with Gasteiger partial charge in [-0.2, -0.15) is 0 Å². The Hall–Kier alpha value is -1.80. The van der Waals surface area contributed by atoms with Crippen LogP contribution in [-0.4, -0.2) is 44.9 Å². The van der Waals surface area contributed by atoms with Gasteiger partial charge in [-0.05, 0) is 26.7 Å². The molecule has 1 N–H and O–H groups in total. The lowest BCUT2D eigenvalue weighted by Gasteiger charge is -2.21. The third-order valence-electron chi connectivity index (χ3n) is 3.51. The Morgan fingerprint density at radius 1 is 1.45 bits per heavy atom. The molecule has 118 valence electrons. The molecular weight excluding hydrogens is 302 g/mol. The first-order valence-electron chi connectivity index (χ1n) is 7.39. The van der Waals surface area contributed by atoms with Crippen molar-refractivity contribution in [1.29, 1.82) is 0 Å². The lowest BCUT2D eigenvalue weighted by Crippen LogP contribution is -2.30. The highest BCUT2D eigenvalue weighted by molar-refractivity contribution is 7.12. The molecule has 0 aromatic carbocycles. The summed E-state index contributed by atoms with van der Waals surface area (Å²) in [6, 6.07) is 0.0883. The lowest BCUT2D eigenvalue weighted by atomic mass is 10.00. The maximum absolute atomic E-state index is 12.0. The Kier molecular flexibility index (Phi) is 4.49. The number of amides is 1. The van der Waals surface area contributed by atoms with Gasteiger partial charge in [0.15, 0.2) is 5.13 Å². The molecule has 7 nitrogen and oxygen atoms in total. The predicted molar refractivity (Wildman–Crippen MR) is 82.4 cm³/mol. The zero-order valence-electron chi connectivity index (χ0n) is 12.7. The zero-order chi connectivity index (χ0) is 15.5. The normalized spacial score (nSPS) is 16.1. The Morgan fingerprint density at radius 2 is 2.23 bits per heavy atom. The van der Waals surface area contributed by atoms with Gasteiger partial charge in [0.05, 0.1) is 0 Å². The average Bonchev–Trinajstić information content (AvgIpc) is 3.16. The second-order valence-corrected chi connectivity index (χ2v) is 6.43. The topological polar surface area (TPSA) is 81.9 Å². The van der Waals surface area contributed by atoms with Gasteiger partial charge in [-0.3, -0.25) is 9.36 Å². The highest BCUT2D eigenvalue weighted by Crippen LogP contribution is 2.27. The first-order valence-corrected chi connectivity index (χ1v) is 8.27. The van der Waals surface area contributed by atoms with Crippen molar-refractivity contribution in [3.63, 3.8) is 0 Å².